The molecule has 0 bridgehead atoms. The van der Waals surface area contributed by atoms with Crippen LogP contribution in [0, 0.1) is 0 Å². The second-order valence-electron chi connectivity index (χ2n) is 5.87. The molecule has 0 unspecified atom stereocenters. The van der Waals surface area contributed by atoms with Crippen molar-refractivity contribution in [2.75, 3.05) is 52.5 Å². The monoisotopic (exact) mass is 333 g/mol. The van der Waals surface area contributed by atoms with Crippen LogP contribution in [-0.4, -0.2) is 80.2 Å². The van der Waals surface area contributed by atoms with Gasteiger partial charge in [-0.3, -0.25) is 9.59 Å². The Morgan fingerprint density at radius 2 is 1.83 bits per heavy atom. The van der Waals surface area contributed by atoms with E-state index in [1.165, 1.54) is 0 Å². The molecule has 2 amide bonds. The standard InChI is InChI=1S/C17H23N3O4/c21-16(13-24-14-4-2-1-3-5-14)19-7-9-20(10-8-19)17(22)15-12-18-6-11-23-15/h1-5,15,18H,6-13H2/t15-/m1/s1. The smallest absolute Gasteiger partial charge is 0.260 e. The Hall–Kier alpha value is -2.12. The average Bonchev–Trinajstić information content (AvgIpc) is 2.67. The van der Waals surface area contributed by atoms with Crippen molar-refractivity contribution < 1.29 is 19.1 Å². The molecule has 1 aromatic rings. The third kappa shape index (κ3) is 4.24. The van der Waals surface area contributed by atoms with Crippen molar-refractivity contribution in [1.82, 2.24) is 15.1 Å². The van der Waals surface area contributed by atoms with Gasteiger partial charge in [-0.15, -0.1) is 0 Å². The fourth-order valence-corrected chi connectivity index (χ4v) is 2.86. The molecule has 1 atom stereocenters. The van der Waals surface area contributed by atoms with Crippen LogP contribution in [0.5, 0.6) is 5.75 Å². The number of piperazine rings is 1. The first kappa shape index (κ1) is 16.7. The summed E-state index contributed by atoms with van der Waals surface area (Å²) >= 11 is 0. The highest BCUT2D eigenvalue weighted by Crippen LogP contribution is 2.10. The Balaban J connectivity index is 1.42. The highest BCUT2D eigenvalue weighted by Gasteiger charge is 2.30. The summed E-state index contributed by atoms with van der Waals surface area (Å²) in [5, 5.41) is 3.16. The minimum Gasteiger partial charge on any atom is -0.484 e. The Kier molecular flexibility index (Phi) is 5.66. The molecule has 130 valence electrons. The number of carbonyl (C=O) groups is 2. The number of morpholine rings is 1. The van der Waals surface area contributed by atoms with Gasteiger partial charge in [-0.05, 0) is 12.1 Å². The molecule has 0 spiro atoms. The van der Waals surface area contributed by atoms with E-state index >= 15 is 0 Å². The Morgan fingerprint density at radius 1 is 1.12 bits per heavy atom. The van der Waals surface area contributed by atoms with Gasteiger partial charge in [-0.25, -0.2) is 0 Å². The average molecular weight is 333 g/mol. The van der Waals surface area contributed by atoms with E-state index in [1.807, 2.05) is 30.3 Å². The predicted molar refractivity (Wildman–Crippen MR) is 87.7 cm³/mol. The maximum Gasteiger partial charge on any atom is 0.260 e. The van der Waals surface area contributed by atoms with Crippen molar-refractivity contribution in [3.63, 3.8) is 0 Å². The molecule has 7 nitrogen and oxygen atoms in total. The van der Waals surface area contributed by atoms with Gasteiger partial charge in [0.05, 0.1) is 6.61 Å². The lowest BCUT2D eigenvalue weighted by atomic mass is 10.2. The lowest BCUT2D eigenvalue weighted by Crippen LogP contribution is -2.56. The lowest BCUT2D eigenvalue weighted by Gasteiger charge is -2.37. The Morgan fingerprint density at radius 3 is 2.50 bits per heavy atom. The van der Waals surface area contributed by atoms with Crippen molar-refractivity contribution >= 4 is 11.8 Å². The first-order chi connectivity index (χ1) is 11.7. The molecule has 1 N–H and O–H groups in total. The molecule has 0 aliphatic carbocycles. The van der Waals surface area contributed by atoms with Crippen LogP contribution < -0.4 is 10.1 Å². The zero-order valence-electron chi connectivity index (χ0n) is 13.6. The van der Waals surface area contributed by atoms with Crippen LogP contribution in [-0.2, 0) is 14.3 Å². The fraction of sp³-hybridized carbons (Fsp3) is 0.529. The normalized spacial score (nSPS) is 21.4. The molecule has 2 heterocycles. The number of amides is 2. The molecule has 2 aliphatic heterocycles. The third-order valence-electron chi connectivity index (χ3n) is 4.25. The summed E-state index contributed by atoms with van der Waals surface area (Å²) in [6, 6.07) is 9.28. The number of hydrogen-bond acceptors (Lipinski definition) is 5. The highest BCUT2D eigenvalue weighted by atomic mass is 16.5. The van der Waals surface area contributed by atoms with Crippen LogP contribution in [0.3, 0.4) is 0 Å². The van der Waals surface area contributed by atoms with E-state index < -0.39 is 6.10 Å². The third-order valence-corrected chi connectivity index (χ3v) is 4.25. The number of hydrogen-bond donors (Lipinski definition) is 1. The van der Waals surface area contributed by atoms with Crippen LogP contribution in [0.2, 0.25) is 0 Å². The zero-order chi connectivity index (χ0) is 16.8. The minimum atomic E-state index is -0.401. The van der Waals surface area contributed by atoms with E-state index in [9.17, 15) is 9.59 Å². The summed E-state index contributed by atoms with van der Waals surface area (Å²) in [4.78, 5) is 28.1. The molecule has 0 saturated carbocycles. The quantitative estimate of drug-likeness (QED) is 0.821. The maximum atomic E-state index is 12.4. The maximum absolute atomic E-state index is 12.4. The van der Waals surface area contributed by atoms with Crippen LogP contribution >= 0.6 is 0 Å². The van der Waals surface area contributed by atoms with Gasteiger partial charge in [0.15, 0.2) is 6.61 Å². The van der Waals surface area contributed by atoms with E-state index in [0.717, 1.165) is 6.54 Å². The van der Waals surface area contributed by atoms with E-state index in [-0.39, 0.29) is 18.4 Å². The largest absolute Gasteiger partial charge is 0.484 e. The molecule has 7 heteroatoms. The summed E-state index contributed by atoms with van der Waals surface area (Å²) in [5.41, 5.74) is 0. The second kappa shape index (κ2) is 8.12. The topological polar surface area (TPSA) is 71.1 Å². The number of nitrogens with one attached hydrogen (secondary N) is 1. The molecule has 0 radical (unpaired) electrons. The van der Waals surface area contributed by atoms with Gasteiger partial charge in [0.1, 0.15) is 11.9 Å². The Bertz CT molecular complexity index is 552. The van der Waals surface area contributed by atoms with Crippen LogP contribution in [0.25, 0.3) is 0 Å². The molecule has 0 aromatic heterocycles. The molecule has 2 aliphatic rings. The van der Waals surface area contributed by atoms with Crippen LogP contribution in [0.4, 0.5) is 0 Å². The molecule has 24 heavy (non-hydrogen) atoms. The lowest BCUT2D eigenvalue weighted by molar-refractivity contribution is -0.149. The number of nitrogens with zero attached hydrogens (tertiary/aromatic N) is 2. The van der Waals surface area contributed by atoms with Crippen molar-refractivity contribution in [3.05, 3.63) is 30.3 Å². The number of ether oxygens (including phenoxy) is 2. The predicted octanol–water partition coefficient (Wildman–Crippen LogP) is -0.275. The highest BCUT2D eigenvalue weighted by molar-refractivity contribution is 5.82. The van der Waals surface area contributed by atoms with Gasteiger partial charge in [0.2, 0.25) is 0 Å². The SMILES string of the molecule is O=C(COc1ccccc1)N1CCN(C(=O)[C@H]2CNCCO2)CC1. The molecular formula is C17H23N3O4. The minimum absolute atomic E-state index is 0.00911. The van der Waals surface area contributed by atoms with E-state index in [2.05, 4.69) is 5.32 Å². The summed E-state index contributed by atoms with van der Waals surface area (Å²) < 4.78 is 11.0. The zero-order valence-corrected chi connectivity index (χ0v) is 13.6. The first-order valence-electron chi connectivity index (χ1n) is 8.31. The number of rotatable bonds is 4. The molecule has 2 saturated heterocycles. The van der Waals surface area contributed by atoms with Crippen molar-refractivity contribution in [3.8, 4) is 5.75 Å². The van der Waals surface area contributed by atoms with Gasteiger partial charge < -0.3 is 24.6 Å². The molecule has 3 rings (SSSR count). The van der Waals surface area contributed by atoms with Crippen molar-refractivity contribution in [1.29, 1.82) is 0 Å². The van der Waals surface area contributed by atoms with Crippen molar-refractivity contribution in [2.45, 2.75) is 6.10 Å². The van der Waals surface area contributed by atoms with Gasteiger partial charge in [0.25, 0.3) is 11.8 Å². The summed E-state index contributed by atoms with van der Waals surface area (Å²) in [5.74, 6) is 0.637. The van der Waals surface area contributed by atoms with Gasteiger partial charge >= 0.3 is 0 Å². The number of carbonyl (C=O) groups excluding carboxylic acids is 2. The van der Waals surface area contributed by atoms with Gasteiger partial charge in [0, 0.05) is 39.3 Å². The van der Waals surface area contributed by atoms with Gasteiger partial charge in [-0.1, -0.05) is 18.2 Å². The second-order valence-corrected chi connectivity index (χ2v) is 5.87. The fourth-order valence-electron chi connectivity index (χ4n) is 2.86. The van der Waals surface area contributed by atoms with E-state index in [4.69, 9.17) is 9.47 Å². The van der Waals surface area contributed by atoms with E-state index in [0.29, 0.717) is 45.1 Å². The first-order valence-corrected chi connectivity index (χ1v) is 8.31. The van der Waals surface area contributed by atoms with Gasteiger partial charge in [-0.2, -0.15) is 0 Å². The van der Waals surface area contributed by atoms with E-state index in [1.54, 1.807) is 9.80 Å². The van der Waals surface area contributed by atoms with Crippen molar-refractivity contribution in [2.24, 2.45) is 0 Å². The molecule has 2 fully saturated rings. The number of para-hydroxylation sites is 1. The summed E-state index contributed by atoms with van der Waals surface area (Å²) in [6.07, 6.45) is -0.401. The molecular weight excluding hydrogens is 310 g/mol. The summed E-state index contributed by atoms with van der Waals surface area (Å²) in [7, 11) is 0. The summed E-state index contributed by atoms with van der Waals surface area (Å²) in [6.45, 7) is 4.06. The van der Waals surface area contributed by atoms with Crippen LogP contribution in [0.15, 0.2) is 30.3 Å². The number of benzene rings is 1. The van der Waals surface area contributed by atoms with Crippen LogP contribution in [0.1, 0.15) is 0 Å². The molecule has 1 aromatic carbocycles. The Labute approximate surface area is 141 Å².